The maximum Gasteiger partial charge on any atom is 0.417 e. The van der Waals surface area contributed by atoms with E-state index in [1.807, 2.05) is 6.07 Å². The predicted molar refractivity (Wildman–Crippen MR) is 124 cm³/mol. The summed E-state index contributed by atoms with van der Waals surface area (Å²) < 4.78 is 67.5. The molecule has 1 amide bonds. The molecule has 11 heteroatoms. The number of benzene rings is 1. The van der Waals surface area contributed by atoms with Crippen LogP contribution in [0, 0.1) is 12.8 Å². The number of likely N-dealkylation sites (tertiary alicyclic amines) is 1. The van der Waals surface area contributed by atoms with Crippen LogP contribution in [-0.4, -0.2) is 45.8 Å². The summed E-state index contributed by atoms with van der Waals surface area (Å²) in [6.07, 6.45) is -4.21. The van der Waals surface area contributed by atoms with E-state index in [2.05, 4.69) is 15.3 Å². The molecule has 0 radical (unpaired) electrons. The molecule has 1 aliphatic rings. The fraction of sp³-hybridized carbons (Fsp3) is 0.375. The van der Waals surface area contributed by atoms with Crippen LogP contribution >= 0.6 is 11.3 Å². The Hall–Kier alpha value is -3.08. The molecule has 4 rings (SSSR count). The highest BCUT2D eigenvalue weighted by Crippen LogP contribution is 2.37. The first-order chi connectivity index (χ1) is 16.4. The highest BCUT2D eigenvalue weighted by molar-refractivity contribution is 7.14. The maximum atomic E-state index is 14.6. The summed E-state index contributed by atoms with van der Waals surface area (Å²) >= 11 is 1.15. The average Bonchev–Trinajstić information content (AvgIpc) is 3.19. The minimum Gasteiger partial charge on any atom is -0.368 e. The van der Waals surface area contributed by atoms with Crippen molar-refractivity contribution in [3.8, 4) is 11.3 Å². The number of rotatable bonds is 5. The molecule has 5 nitrogen and oxygen atoms in total. The van der Waals surface area contributed by atoms with Crippen LogP contribution in [0.2, 0.25) is 0 Å². The van der Waals surface area contributed by atoms with Crippen LogP contribution in [0.5, 0.6) is 0 Å². The molecule has 0 saturated carbocycles. The number of nitrogens with zero attached hydrogens (tertiary/aromatic N) is 3. The zero-order valence-electron chi connectivity index (χ0n) is 18.9. The standard InChI is InChI=1S/C24H23F5N4OS/c1-14-10-23(25,26)13-33(18(14)12-31-19-9-8-17(11-30-19)24(27,28)29)22(34)21-20(32-15(2)35-21)16-6-4-3-5-7-16/h3-9,11,14,18H,10,12-13H2,1-2H3,(H,30,31)/t14-,18?/m1/s1. The first-order valence-electron chi connectivity index (χ1n) is 10.9. The molecule has 186 valence electrons. The summed E-state index contributed by atoms with van der Waals surface area (Å²) in [6.45, 7) is 2.68. The van der Waals surface area contributed by atoms with Crippen molar-refractivity contribution in [2.75, 3.05) is 18.4 Å². The molecule has 1 aromatic carbocycles. The van der Waals surface area contributed by atoms with Gasteiger partial charge in [0, 0.05) is 24.7 Å². The molecule has 0 bridgehead atoms. The average molecular weight is 511 g/mol. The van der Waals surface area contributed by atoms with Crippen molar-refractivity contribution >= 4 is 23.1 Å². The molecule has 35 heavy (non-hydrogen) atoms. The number of piperidine rings is 1. The first kappa shape index (κ1) is 25.0. The van der Waals surface area contributed by atoms with Crippen molar-refractivity contribution in [1.29, 1.82) is 0 Å². The molecule has 0 spiro atoms. The number of anilines is 1. The van der Waals surface area contributed by atoms with Gasteiger partial charge in [-0.2, -0.15) is 13.2 Å². The number of halogens is 5. The molecule has 1 fully saturated rings. The summed E-state index contributed by atoms with van der Waals surface area (Å²) in [5.41, 5.74) is 0.260. The Balaban J connectivity index is 1.60. The van der Waals surface area contributed by atoms with Gasteiger partial charge in [0.2, 0.25) is 0 Å². The minimum atomic E-state index is -4.51. The summed E-state index contributed by atoms with van der Waals surface area (Å²) in [5.74, 6) is -4.02. The van der Waals surface area contributed by atoms with Crippen LogP contribution in [0.4, 0.5) is 27.8 Å². The first-order valence-corrected chi connectivity index (χ1v) is 11.7. The van der Waals surface area contributed by atoms with Gasteiger partial charge in [-0.05, 0) is 25.0 Å². The Kier molecular flexibility index (Phi) is 6.81. The second-order valence-corrected chi connectivity index (χ2v) is 9.83. The number of hydrogen-bond donors (Lipinski definition) is 1. The van der Waals surface area contributed by atoms with Gasteiger partial charge in [-0.3, -0.25) is 4.79 Å². The van der Waals surface area contributed by atoms with Crippen LogP contribution in [0.3, 0.4) is 0 Å². The molecule has 0 aliphatic carbocycles. The number of aryl methyl sites for hydroxylation is 1. The van der Waals surface area contributed by atoms with Gasteiger partial charge in [0.25, 0.3) is 11.8 Å². The van der Waals surface area contributed by atoms with Gasteiger partial charge in [-0.1, -0.05) is 37.3 Å². The van der Waals surface area contributed by atoms with E-state index in [1.54, 1.807) is 38.1 Å². The SMILES string of the molecule is Cc1nc(-c2ccccc2)c(C(=O)N2CC(F)(F)C[C@@H](C)C2CNc2ccc(C(F)(F)F)cn2)s1. The summed E-state index contributed by atoms with van der Waals surface area (Å²) in [5, 5.41) is 3.54. The number of thiazole rings is 1. The minimum absolute atomic E-state index is 0.0554. The largest absolute Gasteiger partial charge is 0.417 e. The van der Waals surface area contributed by atoms with E-state index in [9.17, 15) is 26.7 Å². The molecule has 1 saturated heterocycles. The monoisotopic (exact) mass is 510 g/mol. The van der Waals surface area contributed by atoms with E-state index in [4.69, 9.17) is 0 Å². The van der Waals surface area contributed by atoms with Gasteiger partial charge in [0.1, 0.15) is 10.7 Å². The van der Waals surface area contributed by atoms with Gasteiger partial charge >= 0.3 is 6.18 Å². The van der Waals surface area contributed by atoms with Crippen molar-refractivity contribution in [3.05, 3.63) is 64.1 Å². The van der Waals surface area contributed by atoms with Crippen molar-refractivity contribution in [2.24, 2.45) is 5.92 Å². The van der Waals surface area contributed by atoms with Crippen molar-refractivity contribution in [3.63, 3.8) is 0 Å². The van der Waals surface area contributed by atoms with Gasteiger partial charge in [0.15, 0.2) is 0 Å². The van der Waals surface area contributed by atoms with Crippen molar-refractivity contribution in [2.45, 2.75) is 38.4 Å². The maximum absolute atomic E-state index is 14.6. The Morgan fingerprint density at radius 3 is 2.54 bits per heavy atom. The molecule has 3 aromatic rings. The smallest absolute Gasteiger partial charge is 0.368 e. The highest BCUT2D eigenvalue weighted by atomic mass is 32.1. The molecule has 1 N–H and O–H groups in total. The van der Waals surface area contributed by atoms with E-state index in [0.717, 1.165) is 22.3 Å². The molecule has 1 unspecified atom stereocenters. The fourth-order valence-electron chi connectivity index (χ4n) is 4.25. The lowest BCUT2D eigenvalue weighted by atomic mass is 9.88. The number of alkyl halides is 5. The van der Waals surface area contributed by atoms with E-state index in [-0.39, 0.29) is 17.2 Å². The van der Waals surface area contributed by atoms with Crippen LogP contribution < -0.4 is 5.32 Å². The molecule has 2 atom stereocenters. The molecular formula is C24H23F5N4OS. The van der Waals surface area contributed by atoms with Crippen molar-refractivity contribution < 1.29 is 26.7 Å². The number of carbonyl (C=O) groups is 1. The van der Waals surface area contributed by atoms with Gasteiger partial charge in [-0.15, -0.1) is 11.3 Å². The Labute approximate surface area is 203 Å². The van der Waals surface area contributed by atoms with Gasteiger partial charge < -0.3 is 10.2 Å². The normalized spacial score (nSPS) is 20.0. The molecular weight excluding hydrogens is 487 g/mol. The number of carbonyl (C=O) groups excluding carboxylic acids is 1. The summed E-state index contributed by atoms with van der Waals surface area (Å²) in [7, 11) is 0. The van der Waals surface area contributed by atoms with Gasteiger partial charge in [0.05, 0.1) is 28.9 Å². The quantitative estimate of drug-likeness (QED) is 0.420. The van der Waals surface area contributed by atoms with Crippen LogP contribution in [0.1, 0.15) is 33.6 Å². The number of nitrogens with one attached hydrogen (secondary N) is 1. The van der Waals surface area contributed by atoms with E-state index in [0.29, 0.717) is 22.5 Å². The Bertz CT molecular complexity index is 1180. The second-order valence-electron chi connectivity index (χ2n) is 8.63. The van der Waals surface area contributed by atoms with E-state index >= 15 is 0 Å². The van der Waals surface area contributed by atoms with Crippen molar-refractivity contribution in [1.82, 2.24) is 14.9 Å². The zero-order chi connectivity index (χ0) is 25.4. The third-order valence-electron chi connectivity index (χ3n) is 5.90. The summed E-state index contributed by atoms with van der Waals surface area (Å²) in [6, 6.07) is 10.5. The predicted octanol–water partition coefficient (Wildman–Crippen LogP) is 6.13. The lowest BCUT2D eigenvalue weighted by molar-refractivity contribution is -0.137. The van der Waals surface area contributed by atoms with Crippen LogP contribution in [-0.2, 0) is 6.18 Å². The fourth-order valence-corrected chi connectivity index (χ4v) is 5.15. The molecule has 1 aliphatic heterocycles. The zero-order valence-corrected chi connectivity index (χ0v) is 19.8. The molecule has 3 heterocycles. The number of pyridine rings is 1. The Morgan fingerprint density at radius 2 is 1.91 bits per heavy atom. The number of amides is 1. The lowest BCUT2D eigenvalue weighted by Crippen LogP contribution is -2.57. The van der Waals surface area contributed by atoms with Crippen LogP contribution in [0.15, 0.2) is 48.7 Å². The highest BCUT2D eigenvalue weighted by Gasteiger charge is 2.46. The van der Waals surface area contributed by atoms with E-state index in [1.165, 1.54) is 6.07 Å². The molecule has 2 aromatic heterocycles. The third kappa shape index (κ3) is 5.61. The Morgan fingerprint density at radius 1 is 1.20 bits per heavy atom. The van der Waals surface area contributed by atoms with Crippen LogP contribution in [0.25, 0.3) is 11.3 Å². The van der Waals surface area contributed by atoms with E-state index < -0.39 is 48.5 Å². The lowest BCUT2D eigenvalue weighted by Gasteiger charge is -2.43. The van der Waals surface area contributed by atoms with Gasteiger partial charge in [-0.25, -0.2) is 18.7 Å². The third-order valence-corrected chi connectivity index (χ3v) is 6.86. The second kappa shape index (κ2) is 9.52. The summed E-state index contributed by atoms with van der Waals surface area (Å²) in [4.78, 5) is 23.3. The number of aromatic nitrogens is 2. The topological polar surface area (TPSA) is 58.1 Å². The number of hydrogen-bond acceptors (Lipinski definition) is 5.